The molecule has 2 atom stereocenters. The third-order valence-corrected chi connectivity index (χ3v) is 2.43. The van der Waals surface area contributed by atoms with Crippen molar-refractivity contribution in [2.75, 3.05) is 6.54 Å². The van der Waals surface area contributed by atoms with Crippen molar-refractivity contribution in [2.24, 2.45) is 0 Å². The Morgan fingerprint density at radius 3 is 2.80 bits per heavy atom. The molecule has 0 aromatic rings. The largest absolute Gasteiger partial charge is 0.390 e. The van der Waals surface area contributed by atoms with Gasteiger partial charge in [-0.2, -0.15) is 0 Å². The van der Waals surface area contributed by atoms with E-state index in [1.165, 1.54) is 0 Å². The van der Waals surface area contributed by atoms with E-state index in [9.17, 15) is 5.11 Å². The normalized spacial score (nSPS) is 41.7. The van der Waals surface area contributed by atoms with Crippen molar-refractivity contribution in [2.45, 2.75) is 44.8 Å². The summed E-state index contributed by atoms with van der Waals surface area (Å²) in [6.07, 6.45) is 2.70. The minimum atomic E-state index is -0.370. The van der Waals surface area contributed by atoms with Crippen LogP contribution >= 0.6 is 0 Å². The molecule has 1 fully saturated rings. The number of hydrogen-bond donors (Lipinski definition) is 2. The molecule has 0 aliphatic carbocycles. The summed E-state index contributed by atoms with van der Waals surface area (Å²) in [6, 6.07) is 0.485. The lowest BCUT2D eigenvalue weighted by atomic mass is 9.86. The Hall–Kier alpha value is -0.0800. The summed E-state index contributed by atoms with van der Waals surface area (Å²) in [6.45, 7) is 5.14. The standard InChI is InChI=1S/C8H17NO/c1-3-8(10)4-5-9-7(2)6-8/h7,9-10H,3-6H2,1-2H3. The molecule has 10 heavy (non-hydrogen) atoms. The van der Waals surface area contributed by atoms with E-state index in [1.807, 2.05) is 0 Å². The Labute approximate surface area is 62.6 Å². The first-order valence-electron chi connectivity index (χ1n) is 4.12. The molecule has 1 heterocycles. The fourth-order valence-corrected chi connectivity index (χ4v) is 1.62. The van der Waals surface area contributed by atoms with Crippen molar-refractivity contribution in [1.29, 1.82) is 0 Å². The fraction of sp³-hybridized carbons (Fsp3) is 1.00. The van der Waals surface area contributed by atoms with Gasteiger partial charge in [0, 0.05) is 6.04 Å². The van der Waals surface area contributed by atoms with Crippen molar-refractivity contribution < 1.29 is 5.11 Å². The Morgan fingerprint density at radius 2 is 2.40 bits per heavy atom. The van der Waals surface area contributed by atoms with Crippen LogP contribution in [0.15, 0.2) is 0 Å². The van der Waals surface area contributed by atoms with Crippen molar-refractivity contribution in [3.63, 3.8) is 0 Å². The van der Waals surface area contributed by atoms with Gasteiger partial charge in [0.15, 0.2) is 0 Å². The lowest BCUT2D eigenvalue weighted by molar-refractivity contribution is -0.00496. The zero-order valence-electron chi connectivity index (χ0n) is 6.85. The maximum atomic E-state index is 9.81. The van der Waals surface area contributed by atoms with Gasteiger partial charge >= 0.3 is 0 Å². The van der Waals surface area contributed by atoms with Gasteiger partial charge in [-0.3, -0.25) is 0 Å². The topological polar surface area (TPSA) is 32.3 Å². The maximum absolute atomic E-state index is 9.81. The van der Waals surface area contributed by atoms with Gasteiger partial charge in [-0.15, -0.1) is 0 Å². The Balaban J connectivity index is 2.45. The lowest BCUT2D eigenvalue weighted by Gasteiger charge is -2.35. The van der Waals surface area contributed by atoms with Gasteiger partial charge in [0.05, 0.1) is 5.60 Å². The van der Waals surface area contributed by atoms with E-state index in [-0.39, 0.29) is 5.60 Å². The second kappa shape index (κ2) is 2.89. The molecule has 0 radical (unpaired) electrons. The van der Waals surface area contributed by atoms with Gasteiger partial charge in [0.1, 0.15) is 0 Å². The van der Waals surface area contributed by atoms with Crippen LogP contribution in [0.25, 0.3) is 0 Å². The highest BCUT2D eigenvalue weighted by Gasteiger charge is 2.29. The summed E-state index contributed by atoms with van der Waals surface area (Å²) >= 11 is 0. The predicted molar refractivity (Wildman–Crippen MR) is 41.9 cm³/mol. The van der Waals surface area contributed by atoms with Gasteiger partial charge in [-0.25, -0.2) is 0 Å². The first-order chi connectivity index (χ1) is 4.66. The van der Waals surface area contributed by atoms with E-state index in [0.717, 1.165) is 25.8 Å². The monoisotopic (exact) mass is 143 g/mol. The summed E-state index contributed by atoms with van der Waals surface area (Å²) in [7, 11) is 0. The molecule has 60 valence electrons. The van der Waals surface area contributed by atoms with Crippen LogP contribution in [0.3, 0.4) is 0 Å². The van der Waals surface area contributed by atoms with Crippen molar-refractivity contribution in [1.82, 2.24) is 5.32 Å². The number of piperidine rings is 1. The number of nitrogens with one attached hydrogen (secondary N) is 1. The molecule has 1 aliphatic heterocycles. The van der Waals surface area contributed by atoms with Crippen LogP contribution < -0.4 is 5.32 Å². The molecule has 1 rings (SSSR count). The van der Waals surface area contributed by atoms with Gasteiger partial charge in [0.2, 0.25) is 0 Å². The van der Waals surface area contributed by atoms with Crippen LogP contribution in [0.5, 0.6) is 0 Å². The van der Waals surface area contributed by atoms with Gasteiger partial charge in [-0.05, 0) is 32.7 Å². The Morgan fingerprint density at radius 1 is 1.70 bits per heavy atom. The van der Waals surface area contributed by atoms with E-state index < -0.39 is 0 Å². The van der Waals surface area contributed by atoms with Gasteiger partial charge in [-0.1, -0.05) is 6.92 Å². The van der Waals surface area contributed by atoms with Crippen LogP contribution in [0.1, 0.15) is 33.1 Å². The highest BCUT2D eigenvalue weighted by Crippen LogP contribution is 2.24. The molecule has 0 saturated carbocycles. The molecule has 0 bridgehead atoms. The van der Waals surface area contributed by atoms with Crippen LogP contribution in [0.2, 0.25) is 0 Å². The minimum Gasteiger partial charge on any atom is -0.390 e. The maximum Gasteiger partial charge on any atom is 0.0672 e. The minimum absolute atomic E-state index is 0.370. The van der Waals surface area contributed by atoms with E-state index >= 15 is 0 Å². The van der Waals surface area contributed by atoms with Crippen LogP contribution in [0, 0.1) is 0 Å². The predicted octanol–water partition coefficient (Wildman–Crippen LogP) is 0.899. The molecule has 2 nitrogen and oxygen atoms in total. The van der Waals surface area contributed by atoms with Crippen molar-refractivity contribution in [3.05, 3.63) is 0 Å². The molecule has 0 spiro atoms. The van der Waals surface area contributed by atoms with Gasteiger partial charge in [0.25, 0.3) is 0 Å². The summed E-state index contributed by atoms with van der Waals surface area (Å²) in [4.78, 5) is 0. The fourth-order valence-electron chi connectivity index (χ4n) is 1.62. The summed E-state index contributed by atoms with van der Waals surface area (Å²) < 4.78 is 0. The SMILES string of the molecule is CCC1(O)CCNC(C)C1. The number of hydrogen-bond acceptors (Lipinski definition) is 2. The highest BCUT2D eigenvalue weighted by atomic mass is 16.3. The third kappa shape index (κ3) is 1.70. The quantitative estimate of drug-likeness (QED) is 0.571. The molecule has 2 heteroatoms. The van der Waals surface area contributed by atoms with E-state index in [2.05, 4.69) is 19.2 Å². The second-order valence-corrected chi connectivity index (χ2v) is 3.39. The zero-order valence-corrected chi connectivity index (χ0v) is 6.85. The Bertz CT molecular complexity index is 116. The molecule has 0 aromatic carbocycles. The summed E-state index contributed by atoms with van der Waals surface area (Å²) in [5.41, 5.74) is -0.370. The smallest absolute Gasteiger partial charge is 0.0672 e. The molecule has 1 saturated heterocycles. The zero-order chi connectivity index (χ0) is 7.61. The first-order valence-corrected chi connectivity index (χ1v) is 4.12. The average Bonchev–Trinajstić information content (AvgIpc) is 1.88. The molecule has 2 N–H and O–H groups in total. The van der Waals surface area contributed by atoms with Crippen LogP contribution in [-0.4, -0.2) is 23.3 Å². The second-order valence-electron chi connectivity index (χ2n) is 3.39. The molecular weight excluding hydrogens is 126 g/mol. The molecule has 0 amide bonds. The van der Waals surface area contributed by atoms with Crippen LogP contribution in [0.4, 0.5) is 0 Å². The molecule has 2 unspecified atom stereocenters. The summed E-state index contributed by atoms with van der Waals surface area (Å²) in [5.74, 6) is 0. The lowest BCUT2D eigenvalue weighted by Crippen LogP contribution is -2.46. The highest BCUT2D eigenvalue weighted by molar-refractivity contribution is 4.86. The van der Waals surface area contributed by atoms with E-state index in [0.29, 0.717) is 6.04 Å². The number of aliphatic hydroxyl groups is 1. The third-order valence-electron chi connectivity index (χ3n) is 2.43. The van der Waals surface area contributed by atoms with Gasteiger partial charge < -0.3 is 10.4 Å². The average molecular weight is 143 g/mol. The number of rotatable bonds is 1. The molecule has 0 aromatic heterocycles. The summed E-state index contributed by atoms with van der Waals surface area (Å²) in [5, 5.41) is 13.1. The molecule has 1 aliphatic rings. The first kappa shape index (κ1) is 8.02. The van der Waals surface area contributed by atoms with E-state index in [1.54, 1.807) is 0 Å². The van der Waals surface area contributed by atoms with E-state index in [4.69, 9.17) is 0 Å². The van der Waals surface area contributed by atoms with Crippen molar-refractivity contribution in [3.8, 4) is 0 Å². The Kier molecular flexibility index (Phi) is 2.32. The van der Waals surface area contributed by atoms with Crippen molar-refractivity contribution >= 4 is 0 Å². The van der Waals surface area contributed by atoms with Crippen LogP contribution in [-0.2, 0) is 0 Å². The molecular formula is C8H17NO.